The predicted molar refractivity (Wildman–Crippen MR) is 90.6 cm³/mol. The molecule has 0 spiro atoms. The zero-order valence-electron chi connectivity index (χ0n) is 12.6. The highest BCUT2D eigenvalue weighted by molar-refractivity contribution is 5.68. The second kappa shape index (κ2) is 5.97. The number of benzene rings is 3. The van der Waals surface area contributed by atoms with E-state index >= 15 is 0 Å². The molecule has 104 valence electrons. The molecular formula is C21H20. The molecule has 0 heterocycles. The fraction of sp³-hybridized carbons (Fsp3) is 0.143. The number of hydrogen-bond donors (Lipinski definition) is 0. The maximum atomic E-state index is 2.29. The Morgan fingerprint density at radius 2 is 1.43 bits per heavy atom. The van der Waals surface area contributed by atoms with Gasteiger partial charge >= 0.3 is 0 Å². The minimum Gasteiger partial charge on any atom is -0.0622 e. The van der Waals surface area contributed by atoms with Gasteiger partial charge in [-0.05, 0) is 29.2 Å². The second-order valence-electron chi connectivity index (χ2n) is 5.59. The van der Waals surface area contributed by atoms with Gasteiger partial charge in [-0.1, -0.05) is 91.3 Å². The third kappa shape index (κ3) is 2.90. The predicted octanol–water partition coefficient (Wildman–Crippen LogP) is 5.81. The zero-order chi connectivity index (χ0) is 14.7. The Hall–Kier alpha value is -2.34. The van der Waals surface area contributed by atoms with Crippen LogP contribution in [0.1, 0.15) is 29.5 Å². The van der Waals surface area contributed by atoms with Crippen LogP contribution in [-0.4, -0.2) is 0 Å². The van der Waals surface area contributed by atoms with E-state index < -0.39 is 0 Å². The van der Waals surface area contributed by atoms with Gasteiger partial charge in [-0.25, -0.2) is 0 Å². The average Bonchev–Trinajstić information content (AvgIpc) is 2.55. The summed E-state index contributed by atoms with van der Waals surface area (Å²) in [6.45, 7) is 4.44. The van der Waals surface area contributed by atoms with Crippen LogP contribution < -0.4 is 0 Å². The summed E-state index contributed by atoms with van der Waals surface area (Å²) in [5.41, 5.74) is 6.68. The largest absolute Gasteiger partial charge is 0.0622 e. The third-order valence-corrected chi connectivity index (χ3v) is 4.05. The van der Waals surface area contributed by atoms with Gasteiger partial charge in [0.15, 0.2) is 0 Å². The highest BCUT2D eigenvalue weighted by atomic mass is 14.2. The minimum absolute atomic E-state index is 0.390. The molecule has 0 aliphatic rings. The first-order valence-electron chi connectivity index (χ1n) is 7.46. The Bertz CT molecular complexity index is 726. The smallest absolute Gasteiger partial charge is 0.00672 e. The van der Waals surface area contributed by atoms with Crippen LogP contribution in [-0.2, 0) is 0 Å². The summed E-state index contributed by atoms with van der Waals surface area (Å²) >= 11 is 0. The number of hydrogen-bond acceptors (Lipinski definition) is 0. The lowest BCUT2D eigenvalue weighted by molar-refractivity contribution is 0.922. The maximum absolute atomic E-state index is 2.29. The Balaban J connectivity index is 2.07. The number of rotatable bonds is 3. The highest BCUT2D eigenvalue weighted by Crippen LogP contribution is 2.33. The van der Waals surface area contributed by atoms with Crippen LogP contribution in [0.2, 0.25) is 0 Å². The summed E-state index contributed by atoms with van der Waals surface area (Å²) in [6.07, 6.45) is 0. The molecule has 0 nitrogen and oxygen atoms in total. The van der Waals surface area contributed by atoms with Crippen molar-refractivity contribution in [3.05, 3.63) is 95.6 Å². The Morgan fingerprint density at radius 1 is 0.714 bits per heavy atom. The van der Waals surface area contributed by atoms with Gasteiger partial charge in [0.05, 0.1) is 0 Å². The van der Waals surface area contributed by atoms with Gasteiger partial charge in [0.2, 0.25) is 0 Å². The molecule has 3 rings (SSSR count). The molecular weight excluding hydrogens is 252 g/mol. The molecule has 0 aromatic heterocycles. The summed E-state index contributed by atoms with van der Waals surface area (Å²) in [6, 6.07) is 28.2. The topological polar surface area (TPSA) is 0 Å². The van der Waals surface area contributed by atoms with Crippen molar-refractivity contribution in [3.8, 4) is 11.1 Å². The van der Waals surface area contributed by atoms with Crippen molar-refractivity contribution >= 4 is 0 Å². The lowest BCUT2D eigenvalue weighted by Crippen LogP contribution is -1.99. The second-order valence-corrected chi connectivity index (χ2v) is 5.59. The van der Waals surface area contributed by atoms with Crippen LogP contribution in [0.5, 0.6) is 0 Å². The highest BCUT2D eigenvalue weighted by Gasteiger charge is 2.13. The van der Waals surface area contributed by atoms with Gasteiger partial charge in [0.1, 0.15) is 0 Å². The minimum atomic E-state index is 0.390. The van der Waals surface area contributed by atoms with Crippen molar-refractivity contribution in [1.82, 2.24) is 0 Å². The van der Waals surface area contributed by atoms with Crippen LogP contribution in [0, 0.1) is 6.92 Å². The van der Waals surface area contributed by atoms with Crippen molar-refractivity contribution in [2.45, 2.75) is 19.8 Å². The van der Waals surface area contributed by atoms with Gasteiger partial charge in [-0.2, -0.15) is 0 Å². The summed E-state index contributed by atoms with van der Waals surface area (Å²) in [4.78, 5) is 0. The first-order chi connectivity index (χ1) is 10.3. The fourth-order valence-electron chi connectivity index (χ4n) is 2.87. The molecule has 0 aliphatic carbocycles. The van der Waals surface area contributed by atoms with Crippen molar-refractivity contribution in [3.63, 3.8) is 0 Å². The first-order valence-corrected chi connectivity index (χ1v) is 7.46. The SMILES string of the molecule is Cc1cccc([C@H](C)c2ccccc2-c2ccccc2)c1. The molecule has 3 aromatic rings. The van der Waals surface area contributed by atoms with Crippen LogP contribution in [0.15, 0.2) is 78.9 Å². The van der Waals surface area contributed by atoms with Crippen molar-refractivity contribution in [1.29, 1.82) is 0 Å². The molecule has 0 bridgehead atoms. The van der Waals surface area contributed by atoms with E-state index in [9.17, 15) is 0 Å². The summed E-state index contributed by atoms with van der Waals surface area (Å²) < 4.78 is 0. The Kier molecular flexibility index (Phi) is 3.87. The van der Waals surface area contributed by atoms with Crippen molar-refractivity contribution in [2.24, 2.45) is 0 Å². The van der Waals surface area contributed by atoms with Crippen LogP contribution in [0.4, 0.5) is 0 Å². The summed E-state index contributed by atoms with van der Waals surface area (Å²) in [5, 5.41) is 0. The van der Waals surface area contributed by atoms with Gasteiger partial charge in [-0.3, -0.25) is 0 Å². The van der Waals surface area contributed by atoms with Crippen LogP contribution >= 0.6 is 0 Å². The van der Waals surface area contributed by atoms with Gasteiger partial charge < -0.3 is 0 Å². The zero-order valence-corrected chi connectivity index (χ0v) is 12.6. The molecule has 0 amide bonds. The average molecular weight is 272 g/mol. The van der Waals surface area contributed by atoms with E-state index in [0.717, 1.165) is 0 Å². The van der Waals surface area contributed by atoms with E-state index in [0.29, 0.717) is 5.92 Å². The van der Waals surface area contributed by atoms with E-state index in [1.165, 1.54) is 27.8 Å². The quantitative estimate of drug-likeness (QED) is 0.564. The molecule has 0 N–H and O–H groups in total. The molecule has 0 unspecified atom stereocenters. The molecule has 3 aromatic carbocycles. The van der Waals surface area contributed by atoms with E-state index in [1.807, 2.05) is 0 Å². The summed E-state index contributed by atoms with van der Waals surface area (Å²) in [7, 11) is 0. The monoisotopic (exact) mass is 272 g/mol. The summed E-state index contributed by atoms with van der Waals surface area (Å²) in [5.74, 6) is 0.390. The van der Waals surface area contributed by atoms with Gasteiger partial charge in [0, 0.05) is 5.92 Å². The fourth-order valence-corrected chi connectivity index (χ4v) is 2.87. The van der Waals surface area contributed by atoms with Gasteiger partial charge in [-0.15, -0.1) is 0 Å². The maximum Gasteiger partial charge on any atom is 0.00672 e. The first kappa shape index (κ1) is 13.6. The Morgan fingerprint density at radius 3 is 2.19 bits per heavy atom. The molecule has 0 saturated carbocycles. The normalized spacial score (nSPS) is 12.1. The van der Waals surface area contributed by atoms with Crippen molar-refractivity contribution < 1.29 is 0 Å². The molecule has 0 heteroatoms. The van der Waals surface area contributed by atoms with Gasteiger partial charge in [0.25, 0.3) is 0 Å². The Labute approximate surface area is 127 Å². The van der Waals surface area contributed by atoms with E-state index in [1.54, 1.807) is 0 Å². The van der Waals surface area contributed by atoms with E-state index in [2.05, 4.69) is 92.7 Å². The van der Waals surface area contributed by atoms with Crippen LogP contribution in [0.25, 0.3) is 11.1 Å². The molecule has 21 heavy (non-hydrogen) atoms. The molecule has 0 fully saturated rings. The lowest BCUT2D eigenvalue weighted by atomic mass is 9.87. The van der Waals surface area contributed by atoms with E-state index in [4.69, 9.17) is 0 Å². The molecule has 0 aliphatic heterocycles. The van der Waals surface area contributed by atoms with E-state index in [-0.39, 0.29) is 0 Å². The lowest BCUT2D eigenvalue weighted by Gasteiger charge is -2.17. The molecule has 1 atom stereocenters. The standard InChI is InChI=1S/C21H20/c1-16-9-8-12-19(15-16)17(2)20-13-6-7-14-21(20)18-10-4-3-5-11-18/h3-15,17H,1-2H3/t17-/m0/s1. The molecule has 0 saturated heterocycles. The van der Waals surface area contributed by atoms with Crippen LogP contribution in [0.3, 0.4) is 0 Å². The third-order valence-electron chi connectivity index (χ3n) is 4.05. The molecule has 0 radical (unpaired) electrons. The van der Waals surface area contributed by atoms with Crippen molar-refractivity contribution in [2.75, 3.05) is 0 Å². The number of aryl methyl sites for hydroxylation is 1.